The topological polar surface area (TPSA) is 30.5 Å². The number of alkyl halides is 1. The first-order chi connectivity index (χ1) is 7.90. The zero-order valence-corrected chi connectivity index (χ0v) is 9.87. The molecule has 16 heavy (non-hydrogen) atoms. The fraction of sp³-hybridized carbons (Fsp3) is 0.500. The number of hydrogen-bond donors (Lipinski definition) is 1. The summed E-state index contributed by atoms with van der Waals surface area (Å²) in [6, 6.07) is 7.75. The van der Waals surface area contributed by atoms with Crippen molar-refractivity contribution in [2.75, 3.05) is 25.6 Å². The second kappa shape index (κ2) is 5.97. The van der Waals surface area contributed by atoms with E-state index >= 15 is 0 Å². The van der Waals surface area contributed by atoms with Gasteiger partial charge in [0.15, 0.2) is 11.5 Å². The molecule has 1 aromatic rings. The van der Waals surface area contributed by atoms with E-state index in [1.165, 1.54) is 0 Å². The molecule has 0 saturated heterocycles. The molecule has 0 bridgehead atoms. The van der Waals surface area contributed by atoms with Crippen LogP contribution in [0, 0.1) is 0 Å². The maximum Gasteiger partial charge on any atom is 0.161 e. The highest BCUT2D eigenvalue weighted by atomic mass is 35.5. The van der Waals surface area contributed by atoms with E-state index in [1.807, 2.05) is 24.3 Å². The lowest BCUT2D eigenvalue weighted by Crippen LogP contribution is -2.38. The van der Waals surface area contributed by atoms with Gasteiger partial charge in [-0.25, -0.2) is 0 Å². The molecule has 1 N–H and O–H groups in total. The first-order valence-electron chi connectivity index (χ1n) is 5.55. The van der Waals surface area contributed by atoms with Gasteiger partial charge in [-0.1, -0.05) is 12.1 Å². The Hall–Kier alpha value is -0.930. The van der Waals surface area contributed by atoms with Gasteiger partial charge in [-0.3, -0.25) is 0 Å². The highest BCUT2D eigenvalue weighted by Gasteiger charge is 2.19. The summed E-state index contributed by atoms with van der Waals surface area (Å²) in [5, 5.41) is 3.30. The average Bonchev–Trinajstić information content (AvgIpc) is 2.34. The van der Waals surface area contributed by atoms with E-state index < -0.39 is 0 Å². The SMILES string of the molecule is ClCCCNCC1COc2ccccc2O1. The second-order valence-electron chi connectivity index (χ2n) is 3.74. The summed E-state index contributed by atoms with van der Waals surface area (Å²) in [5.74, 6) is 2.36. The summed E-state index contributed by atoms with van der Waals surface area (Å²) in [4.78, 5) is 0. The van der Waals surface area contributed by atoms with Crippen LogP contribution in [0.5, 0.6) is 11.5 Å². The monoisotopic (exact) mass is 241 g/mol. The van der Waals surface area contributed by atoms with Crippen LogP contribution in [-0.4, -0.2) is 31.7 Å². The molecule has 0 fully saturated rings. The summed E-state index contributed by atoms with van der Waals surface area (Å²) < 4.78 is 11.4. The van der Waals surface area contributed by atoms with Gasteiger partial charge in [0.25, 0.3) is 0 Å². The molecule has 1 aromatic carbocycles. The Bertz CT molecular complexity index is 333. The Balaban J connectivity index is 1.79. The number of para-hydroxylation sites is 2. The predicted octanol–water partition coefficient (Wildman–Crippen LogP) is 2.04. The highest BCUT2D eigenvalue weighted by Crippen LogP contribution is 2.30. The van der Waals surface area contributed by atoms with Gasteiger partial charge in [0.1, 0.15) is 12.7 Å². The highest BCUT2D eigenvalue weighted by molar-refractivity contribution is 6.17. The number of rotatable bonds is 5. The van der Waals surface area contributed by atoms with Gasteiger partial charge in [-0.05, 0) is 25.1 Å². The molecule has 1 aliphatic heterocycles. The molecule has 0 radical (unpaired) electrons. The van der Waals surface area contributed by atoms with Crippen molar-refractivity contribution in [3.63, 3.8) is 0 Å². The molecule has 1 heterocycles. The minimum Gasteiger partial charge on any atom is -0.486 e. The average molecular weight is 242 g/mol. The zero-order chi connectivity index (χ0) is 11.2. The van der Waals surface area contributed by atoms with E-state index in [0.29, 0.717) is 12.5 Å². The molecule has 2 rings (SSSR count). The van der Waals surface area contributed by atoms with Crippen molar-refractivity contribution in [3.8, 4) is 11.5 Å². The van der Waals surface area contributed by atoms with Gasteiger partial charge in [0.05, 0.1) is 0 Å². The van der Waals surface area contributed by atoms with Crippen LogP contribution in [0.1, 0.15) is 6.42 Å². The third-order valence-electron chi connectivity index (χ3n) is 2.43. The molecule has 0 saturated carbocycles. The normalized spacial score (nSPS) is 18.4. The molecule has 0 aromatic heterocycles. The van der Waals surface area contributed by atoms with Crippen molar-refractivity contribution in [1.82, 2.24) is 5.32 Å². The lowest BCUT2D eigenvalue weighted by atomic mass is 10.2. The molecule has 3 nitrogen and oxygen atoms in total. The summed E-state index contributed by atoms with van der Waals surface area (Å²) in [6.45, 7) is 2.32. The number of fused-ring (bicyclic) bond motifs is 1. The number of halogens is 1. The van der Waals surface area contributed by atoms with Gasteiger partial charge in [-0.2, -0.15) is 0 Å². The molecule has 1 aliphatic rings. The molecule has 0 spiro atoms. The lowest BCUT2D eigenvalue weighted by Gasteiger charge is -2.26. The molecule has 1 unspecified atom stereocenters. The Morgan fingerprint density at radius 3 is 2.94 bits per heavy atom. The van der Waals surface area contributed by atoms with Crippen molar-refractivity contribution in [2.24, 2.45) is 0 Å². The Labute approximate surface area is 101 Å². The molecular formula is C12H16ClNO2. The number of ether oxygens (including phenoxy) is 2. The zero-order valence-electron chi connectivity index (χ0n) is 9.12. The van der Waals surface area contributed by atoms with E-state index in [4.69, 9.17) is 21.1 Å². The molecule has 88 valence electrons. The van der Waals surface area contributed by atoms with Crippen LogP contribution < -0.4 is 14.8 Å². The summed E-state index contributed by atoms with van der Waals surface area (Å²) in [7, 11) is 0. The molecule has 0 aliphatic carbocycles. The maximum absolute atomic E-state index is 5.79. The van der Waals surface area contributed by atoms with Gasteiger partial charge in [-0.15, -0.1) is 11.6 Å². The van der Waals surface area contributed by atoms with E-state index in [1.54, 1.807) is 0 Å². The quantitative estimate of drug-likeness (QED) is 0.632. The van der Waals surface area contributed by atoms with Gasteiger partial charge >= 0.3 is 0 Å². The maximum atomic E-state index is 5.79. The predicted molar refractivity (Wildman–Crippen MR) is 64.6 cm³/mol. The van der Waals surface area contributed by atoms with Crippen LogP contribution in [0.3, 0.4) is 0 Å². The van der Waals surface area contributed by atoms with Crippen LogP contribution in [-0.2, 0) is 0 Å². The Morgan fingerprint density at radius 1 is 1.31 bits per heavy atom. The summed E-state index contributed by atoms with van der Waals surface area (Å²) in [5.41, 5.74) is 0. The molecule has 1 atom stereocenters. The standard InChI is InChI=1S/C12H16ClNO2/c13-6-3-7-14-8-10-9-15-11-4-1-2-5-12(11)16-10/h1-2,4-5,10,14H,3,6-9H2. The van der Waals surface area contributed by atoms with Crippen molar-refractivity contribution in [3.05, 3.63) is 24.3 Å². The third kappa shape index (κ3) is 3.03. The van der Waals surface area contributed by atoms with Crippen LogP contribution in [0.25, 0.3) is 0 Å². The number of nitrogens with one attached hydrogen (secondary N) is 1. The largest absolute Gasteiger partial charge is 0.486 e. The lowest BCUT2D eigenvalue weighted by molar-refractivity contribution is 0.0906. The number of benzene rings is 1. The van der Waals surface area contributed by atoms with Crippen LogP contribution >= 0.6 is 11.6 Å². The van der Waals surface area contributed by atoms with E-state index in [0.717, 1.165) is 31.0 Å². The van der Waals surface area contributed by atoms with Gasteiger partial charge in [0.2, 0.25) is 0 Å². The fourth-order valence-corrected chi connectivity index (χ4v) is 1.75. The minimum atomic E-state index is 0.0882. The van der Waals surface area contributed by atoms with E-state index in [2.05, 4.69) is 5.32 Å². The van der Waals surface area contributed by atoms with Gasteiger partial charge in [0, 0.05) is 12.4 Å². The van der Waals surface area contributed by atoms with Crippen molar-refractivity contribution in [1.29, 1.82) is 0 Å². The van der Waals surface area contributed by atoms with E-state index in [-0.39, 0.29) is 6.10 Å². The van der Waals surface area contributed by atoms with Crippen molar-refractivity contribution < 1.29 is 9.47 Å². The Kier molecular flexibility index (Phi) is 4.31. The third-order valence-corrected chi connectivity index (χ3v) is 2.69. The summed E-state index contributed by atoms with van der Waals surface area (Å²) in [6.07, 6.45) is 1.07. The van der Waals surface area contributed by atoms with Crippen LogP contribution in [0.2, 0.25) is 0 Å². The first-order valence-corrected chi connectivity index (χ1v) is 6.09. The Morgan fingerprint density at radius 2 is 2.12 bits per heavy atom. The minimum absolute atomic E-state index is 0.0882. The molecule has 0 amide bonds. The summed E-state index contributed by atoms with van der Waals surface area (Å²) >= 11 is 5.59. The van der Waals surface area contributed by atoms with E-state index in [9.17, 15) is 0 Å². The molecule has 4 heteroatoms. The number of hydrogen-bond acceptors (Lipinski definition) is 3. The smallest absolute Gasteiger partial charge is 0.161 e. The van der Waals surface area contributed by atoms with Crippen LogP contribution in [0.15, 0.2) is 24.3 Å². The van der Waals surface area contributed by atoms with Gasteiger partial charge < -0.3 is 14.8 Å². The molecular weight excluding hydrogens is 226 g/mol. The first kappa shape index (κ1) is 11.6. The van der Waals surface area contributed by atoms with Crippen molar-refractivity contribution >= 4 is 11.6 Å². The van der Waals surface area contributed by atoms with Crippen LogP contribution in [0.4, 0.5) is 0 Å². The fourth-order valence-electron chi connectivity index (χ4n) is 1.62. The van der Waals surface area contributed by atoms with Crippen molar-refractivity contribution in [2.45, 2.75) is 12.5 Å². The second-order valence-corrected chi connectivity index (χ2v) is 4.12.